The normalized spacial score (nSPS) is 13.3. The van der Waals surface area contributed by atoms with Crippen molar-refractivity contribution in [1.29, 1.82) is 0 Å². The Bertz CT molecular complexity index is 1270. The monoisotopic (exact) mass is 420 g/mol. The van der Waals surface area contributed by atoms with Gasteiger partial charge in [-0.05, 0) is 43.4 Å². The lowest BCUT2D eigenvalue weighted by Crippen LogP contribution is -2.24. The summed E-state index contributed by atoms with van der Waals surface area (Å²) in [6.45, 7) is 0.281. The van der Waals surface area contributed by atoms with Crippen LogP contribution in [0.1, 0.15) is 29.7 Å². The van der Waals surface area contributed by atoms with Crippen LogP contribution >= 0.6 is 11.3 Å². The summed E-state index contributed by atoms with van der Waals surface area (Å²) in [6.07, 6.45) is 9.28. The summed E-state index contributed by atoms with van der Waals surface area (Å²) >= 11 is 1.63. The molecule has 0 bridgehead atoms. The van der Waals surface area contributed by atoms with Gasteiger partial charge in [-0.25, -0.2) is 9.67 Å². The number of fused-ring (bicyclic) bond motifs is 3. The van der Waals surface area contributed by atoms with E-state index in [1.54, 1.807) is 39.3 Å². The van der Waals surface area contributed by atoms with E-state index >= 15 is 0 Å². The molecule has 1 aliphatic carbocycles. The number of nitrogens with one attached hydrogen (secondary N) is 1. The van der Waals surface area contributed by atoms with E-state index in [4.69, 9.17) is 0 Å². The summed E-state index contributed by atoms with van der Waals surface area (Å²) in [5.41, 5.74) is 2.49. The molecule has 0 unspecified atom stereocenters. The van der Waals surface area contributed by atoms with Crippen molar-refractivity contribution < 1.29 is 4.79 Å². The van der Waals surface area contributed by atoms with Crippen LogP contribution in [-0.2, 0) is 24.2 Å². The molecule has 152 valence electrons. The lowest BCUT2D eigenvalue weighted by atomic mass is 9.97. The Labute approximate surface area is 176 Å². The molecule has 1 aliphatic rings. The van der Waals surface area contributed by atoms with Crippen LogP contribution in [0.2, 0.25) is 0 Å². The highest BCUT2D eigenvalue weighted by Gasteiger charge is 2.20. The van der Waals surface area contributed by atoms with Gasteiger partial charge in [-0.1, -0.05) is 17.3 Å². The average molecular weight is 420 g/mol. The Hall–Kier alpha value is -3.33. The van der Waals surface area contributed by atoms with Crippen LogP contribution in [0.4, 0.5) is 5.69 Å². The van der Waals surface area contributed by atoms with Crippen LogP contribution in [0, 0.1) is 0 Å². The number of anilines is 1. The third kappa shape index (κ3) is 3.41. The second-order valence-corrected chi connectivity index (χ2v) is 8.38. The lowest BCUT2D eigenvalue weighted by Gasteiger charge is -2.12. The van der Waals surface area contributed by atoms with Crippen LogP contribution in [0.25, 0.3) is 15.9 Å². The Morgan fingerprint density at radius 1 is 1.20 bits per heavy atom. The number of benzene rings is 1. The zero-order chi connectivity index (χ0) is 20.5. The zero-order valence-corrected chi connectivity index (χ0v) is 17.1. The predicted octanol–water partition coefficient (Wildman–Crippen LogP) is 2.95. The van der Waals surface area contributed by atoms with Crippen molar-refractivity contribution in [2.45, 2.75) is 38.6 Å². The first kappa shape index (κ1) is 18.7. The minimum atomic E-state index is -0.179. The lowest BCUT2D eigenvalue weighted by molar-refractivity contribution is -0.116. The Balaban J connectivity index is 1.34. The van der Waals surface area contributed by atoms with Gasteiger partial charge in [-0.3, -0.25) is 14.2 Å². The van der Waals surface area contributed by atoms with E-state index in [0.717, 1.165) is 35.2 Å². The van der Waals surface area contributed by atoms with E-state index < -0.39 is 0 Å². The fourth-order valence-electron chi connectivity index (χ4n) is 3.89. The maximum Gasteiger partial charge on any atom is 0.262 e. The maximum absolute atomic E-state index is 13.0. The van der Waals surface area contributed by atoms with Gasteiger partial charge in [-0.2, -0.15) is 0 Å². The van der Waals surface area contributed by atoms with Crippen molar-refractivity contribution >= 4 is 33.1 Å². The van der Waals surface area contributed by atoms with Crippen LogP contribution in [-0.4, -0.2) is 30.5 Å². The molecule has 0 radical (unpaired) electrons. The van der Waals surface area contributed by atoms with Gasteiger partial charge in [-0.15, -0.1) is 16.4 Å². The molecule has 1 amide bonds. The molecule has 0 atom stereocenters. The number of rotatable bonds is 5. The van der Waals surface area contributed by atoms with E-state index in [1.165, 1.54) is 16.9 Å². The highest BCUT2D eigenvalue weighted by molar-refractivity contribution is 7.18. The van der Waals surface area contributed by atoms with Gasteiger partial charge < -0.3 is 5.32 Å². The number of aryl methyl sites for hydroxylation is 3. The van der Waals surface area contributed by atoms with Crippen molar-refractivity contribution in [2.24, 2.45) is 0 Å². The molecule has 3 aromatic heterocycles. The quantitative estimate of drug-likeness (QED) is 0.536. The van der Waals surface area contributed by atoms with Crippen LogP contribution in [0.3, 0.4) is 0 Å². The number of amides is 1. The molecule has 0 fully saturated rings. The highest BCUT2D eigenvalue weighted by atomic mass is 32.1. The van der Waals surface area contributed by atoms with Crippen molar-refractivity contribution in [2.75, 3.05) is 5.32 Å². The average Bonchev–Trinajstić information content (AvgIpc) is 3.42. The van der Waals surface area contributed by atoms with Gasteiger partial charge >= 0.3 is 0 Å². The second kappa shape index (κ2) is 7.83. The first-order chi connectivity index (χ1) is 14.7. The molecule has 8 nitrogen and oxygen atoms in total. The molecule has 3 heterocycles. The molecule has 1 aromatic carbocycles. The van der Waals surface area contributed by atoms with Gasteiger partial charge in [0.1, 0.15) is 4.83 Å². The largest absolute Gasteiger partial charge is 0.324 e. The topological polar surface area (TPSA) is 94.7 Å². The summed E-state index contributed by atoms with van der Waals surface area (Å²) in [4.78, 5) is 32.2. The number of nitrogens with zero attached hydrogens (tertiary/aromatic N) is 5. The van der Waals surface area contributed by atoms with Gasteiger partial charge in [0.2, 0.25) is 5.91 Å². The number of thiophene rings is 1. The van der Waals surface area contributed by atoms with E-state index in [9.17, 15) is 9.59 Å². The van der Waals surface area contributed by atoms with Gasteiger partial charge in [0.15, 0.2) is 0 Å². The first-order valence-corrected chi connectivity index (χ1v) is 10.8. The summed E-state index contributed by atoms with van der Waals surface area (Å²) in [7, 11) is 0. The van der Waals surface area contributed by atoms with Gasteiger partial charge in [0.25, 0.3) is 5.56 Å². The Kier molecular flexibility index (Phi) is 4.88. The van der Waals surface area contributed by atoms with Gasteiger partial charge in [0.05, 0.1) is 35.5 Å². The number of carbonyl (C=O) groups excluding carboxylic acids is 1. The fourth-order valence-corrected chi connectivity index (χ4v) is 5.11. The van der Waals surface area contributed by atoms with Crippen molar-refractivity contribution in [3.8, 4) is 5.69 Å². The molecule has 0 aliphatic heterocycles. The summed E-state index contributed by atoms with van der Waals surface area (Å²) < 4.78 is 3.14. The second-order valence-electron chi connectivity index (χ2n) is 7.30. The summed E-state index contributed by atoms with van der Waals surface area (Å²) in [6, 6.07) is 7.38. The molecule has 4 aromatic rings. The standard InChI is InChI=1S/C21H20N6O2S/c28-18(24-15-6-2-3-7-16(15)27-12-10-23-25-27)9-11-26-13-22-20-19(21(26)29)14-5-1-4-8-17(14)30-20/h2-3,6-7,10,12-13H,1,4-5,8-9,11H2,(H,24,28). The highest BCUT2D eigenvalue weighted by Crippen LogP contribution is 2.33. The molecule has 5 rings (SSSR count). The van der Waals surface area contributed by atoms with E-state index in [1.807, 2.05) is 24.3 Å². The molecule has 9 heteroatoms. The third-order valence-electron chi connectivity index (χ3n) is 5.37. The number of aromatic nitrogens is 5. The Morgan fingerprint density at radius 2 is 2.07 bits per heavy atom. The number of para-hydroxylation sites is 2. The van der Waals surface area contributed by atoms with Crippen molar-refractivity contribution in [1.82, 2.24) is 24.5 Å². The zero-order valence-electron chi connectivity index (χ0n) is 16.2. The minimum absolute atomic E-state index is 0.0461. The van der Waals surface area contributed by atoms with E-state index in [0.29, 0.717) is 5.69 Å². The summed E-state index contributed by atoms with van der Waals surface area (Å²) in [5.74, 6) is -0.179. The maximum atomic E-state index is 13.0. The van der Waals surface area contributed by atoms with Crippen LogP contribution in [0.5, 0.6) is 0 Å². The van der Waals surface area contributed by atoms with Gasteiger partial charge in [0, 0.05) is 17.8 Å². The SMILES string of the molecule is O=C(CCn1cnc2sc3c(c2c1=O)CCCC3)Nc1ccccc1-n1ccnn1. The Morgan fingerprint density at radius 3 is 2.93 bits per heavy atom. The number of hydrogen-bond donors (Lipinski definition) is 1. The van der Waals surface area contributed by atoms with Crippen molar-refractivity contribution in [3.05, 3.63) is 63.8 Å². The summed E-state index contributed by atoms with van der Waals surface area (Å²) in [5, 5.41) is 11.4. The predicted molar refractivity (Wildman–Crippen MR) is 115 cm³/mol. The molecule has 30 heavy (non-hydrogen) atoms. The van der Waals surface area contributed by atoms with E-state index in [2.05, 4.69) is 20.6 Å². The minimum Gasteiger partial charge on any atom is -0.324 e. The molecular weight excluding hydrogens is 400 g/mol. The van der Waals surface area contributed by atoms with E-state index in [-0.39, 0.29) is 24.4 Å². The molecule has 1 N–H and O–H groups in total. The molecular formula is C21H20N6O2S. The molecule has 0 spiro atoms. The van der Waals surface area contributed by atoms with Crippen molar-refractivity contribution in [3.63, 3.8) is 0 Å². The third-order valence-corrected chi connectivity index (χ3v) is 6.57. The van der Waals surface area contributed by atoms with Crippen LogP contribution in [0.15, 0.2) is 47.8 Å². The molecule has 0 saturated heterocycles. The number of carbonyl (C=O) groups is 1. The van der Waals surface area contributed by atoms with Crippen LogP contribution < -0.4 is 10.9 Å². The molecule has 0 saturated carbocycles. The first-order valence-electron chi connectivity index (χ1n) is 9.96. The fraction of sp³-hybridized carbons (Fsp3) is 0.286. The smallest absolute Gasteiger partial charge is 0.262 e. The number of hydrogen-bond acceptors (Lipinski definition) is 6.